The predicted octanol–water partition coefficient (Wildman–Crippen LogP) is 4.83. The molecule has 0 aliphatic heterocycles. The first-order valence-electron chi connectivity index (χ1n) is 9.70. The molecule has 2 fully saturated rings. The SMILES string of the molecule is C=C(/C(=C\C(C)=C/C)OC1(C(=O)OC(C)(C)C)CC1)C1CCC(O)CC1. The summed E-state index contributed by atoms with van der Waals surface area (Å²) in [5.74, 6) is 0.676. The van der Waals surface area contributed by atoms with Crippen LogP contribution in [0.25, 0.3) is 0 Å². The molecule has 0 aromatic carbocycles. The van der Waals surface area contributed by atoms with E-state index in [2.05, 4.69) is 6.58 Å². The smallest absolute Gasteiger partial charge is 0.351 e. The van der Waals surface area contributed by atoms with Crippen molar-refractivity contribution in [3.05, 3.63) is 35.6 Å². The van der Waals surface area contributed by atoms with Gasteiger partial charge in [0.25, 0.3) is 0 Å². The van der Waals surface area contributed by atoms with Crippen molar-refractivity contribution in [1.82, 2.24) is 0 Å². The Labute approximate surface area is 158 Å². The molecule has 0 unspecified atom stereocenters. The molecule has 4 heteroatoms. The Morgan fingerprint density at radius 2 is 1.77 bits per heavy atom. The molecule has 26 heavy (non-hydrogen) atoms. The molecule has 146 valence electrons. The number of carbonyl (C=O) groups excluding carboxylic acids is 1. The van der Waals surface area contributed by atoms with Gasteiger partial charge in [0.1, 0.15) is 11.4 Å². The summed E-state index contributed by atoms with van der Waals surface area (Å²) in [5, 5.41) is 9.76. The standard InChI is InChI=1S/C22H34O4/c1-7-15(2)14-19(16(3)17-8-10-18(23)11-9-17)25-22(12-13-22)20(24)26-21(4,5)6/h7,14,17-18,23H,3,8-13H2,1-2,4-6H3/b15-7-,19-14+. The molecule has 0 atom stereocenters. The van der Waals surface area contributed by atoms with Gasteiger partial charge in [-0.05, 0) is 77.9 Å². The van der Waals surface area contributed by atoms with Crippen LogP contribution >= 0.6 is 0 Å². The lowest BCUT2D eigenvalue weighted by atomic mass is 9.82. The number of aliphatic hydroxyl groups is 1. The Balaban J connectivity index is 2.17. The summed E-state index contributed by atoms with van der Waals surface area (Å²) in [5.41, 5.74) is 0.588. The summed E-state index contributed by atoms with van der Waals surface area (Å²) in [6.07, 6.45) is 8.49. The molecule has 0 heterocycles. The number of hydrogen-bond acceptors (Lipinski definition) is 4. The molecule has 0 bridgehead atoms. The molecule has 2 rings (SSSR count). The zero-order chi connectivity index (χ0) is 19.5. The average molecular weight is 363 g/mol. The molecule has 0 aromatic heterocycles. The van der Waals surface area contributed by atoms with Crippen LogP contribution in [0.4, 0.5) is 0 Å². The lowest BCUT2D eigenvalue weighted by Gasteiger charge is -2.30. The number of ether oxygens (including phenoxy) is 2. The molecule has 1 N–H and O–H groups in total. The highest BCUT2D eigenvalue weighted by Crippen LogP contribution is 2.46. The molecule has 0 saturated heterocycles. The van der Waals surface area contributed by atoms with E-state index in [1.807, 2.05) is 46.8 Å². The van der Waals surface area contributed by atoms with E-state index >= 15 is 0 Å². The fourth-order valence-corrected chi connectivity index (χ4v) is 3.15. The summed E-state index contributed by atoms with van der Waals surface area (Å²) in [6, 6.07) is 0. The van der Waals surface area contributed by atoms with Crippen LogP contribution in [0.3, 0.4) is 0 Å². The minimum Gasteiger partial charge on any atom is -0.475 e. The molecule has 4 nitrogen and oxygen atoms in total. The maximum absolute atomic E-state index is 12.6. The fourth-order valence-electron chi connectivity index (χ4n) is 3.15. The van der Waals surface area contributed by atoms with E-state index < -0.39 is 11.2 Å². The summed E-state index contributed by atoms with van der Waals surface area (Å²) in [7, 11) is 0. The maximum atomic E-state index is 12.6. The van der Waals surface area contributed by atoms with Gasteiger partial charge in [0, 0.05) is 12.8 Å². The highest BCUT2D eigenvalue weighted by atomic mass is 16.6. The Morgan fingerprint density at radius 1 is 1.19 bits per heavy atom. The first-order chi connectivity index (χ1) is 12.1. The second-order valence-electron chi connectivity index (χ2n) is 8.67. The van der Waals surface area contributed by atoms with Crippen LogP contribution in [0.2, 0.25) is 0 Å². The first-order valence-corrected chi connectivity index (χ1v) is 9.70. The Bertz CT molecular complexity index is 594. The highest BCUT2D eigenvalue weighted by molar-refractivity contribution is 5.83. The molecule has 0 spiro atoms. The van der Waals surface area contributed by atoms with Gasteiger partial charge in [-0.3, -0.25) is 0 Å². The van der Waals surface area contributed by atoms with Crippen LogP contribution in [0.1, 0.15) is 73.1 Å². The Kier molecular flexibility index (Phi) is 6.38. The highest BCUT2D eigenvalue weighted by Gasteiger charge is 2.56. The third-order valence-electron chi connectivity index (χ3n) is 5.10. The Morgan fingerprint density at radius 3 is 2.23 bits per heavy atom. The van der Waals surface area contributed by atoms with Crippen LogP contribution in [0.5, 0.6) is 0 Å². The minimum absolute atomic E-state index is 0.207. The van der Waals surface area contributed by atoms with Crippen molar-refractivity contribution in [2.24, 2.45) is 5.92 Å². The zero-order valence-electron chi connectivity index (χ0n) is 16.9. The van der Waals surface area contributed by atoms with Crippen LogP contribution < -0.4 is 0 Å². The molecule has 2 aliphatic carbocycles. The second kappa shape index (κ2) is 7.99. The summed E-state index contributed by atoms with van der Waals surface area (Å²) in [4.78, 5) is 12.6. The van der Waals surface area contributed by atoms with Gasteiger partial charge in [0.15, 0.2) is 0 Å². The third-order valence-corrected chi connectivity index (χ3v) is 5.10. The third kappa shape index (κ3) is 5.47. The van der Waals surface area contributed by atoms with Gasteiger partial charge in [0.05, 0.1) is 6.10 Å². The number of rotatable bonds is 6. The summed E-state index contributed by atoms with van der Waals surface area (Å²) < 4.78 is 11.8. The summed E-state index contributed by atoms with van der Waals surface area (Å²) in [6.45, 7) is 13.9. The topological polar surface area (TPSA) is 55.8 Å². The number of allylic oxidation sites excluding steroid dienone is 4. The van der Waals surface area contributed by atoms with Crippen LogP contribution in [-0.4, -0.2) is 28.4 Å². The summed E-state index contributed by atoms with van der Waals surface area (Å²) >= 11 is 0. The van der Waals surface area contributed by atoms with Crippen molar-refractivity contribution in [3.8, 4) is 0 Å². The van der Waals surface area contributed by atoms with Crippen LogP contribution in [0.15, 0.2) is 35.6 Å². The molecule has 0 aromatic rings. The maximum Gasteiger partial charge on any atom is 0.351 e. The van der Waals surface area contributed by atoms with E-state index in [9.17, 15) is 9.90 Å². The molecule has 2 aliphatic rings. The van der Waals surface area contributed by atoms with Gasteiger partial charge in [-0.1, -0.05) is 18.2 Å². The number of aliphatic hydroxyl groups excluding tert-OH is 1. The van der Waals surface area contributed by atoms with Crippen molar-refractivity contribution in [2.45, 2.75) is 90.4 Å². The second-order valence-corrected chi connectivity index (χ2v) is 8.67. The fraction of sp³-hybridized carbons (Fsp3) is 0.682. The average Bonchev–Trinajstić information content (AvgIpc) is 3.33. The van der Waals surface area contributed by atoms with Crippen molar-refractivity contribution in [1.29, 1.82) is 0 Å². The van der Waals surface area contributed by atoms with Gasteiger partial charge >= 0.3 is 5.97 Å². The predicted molar refractivity (Wildman–Crippen MR) is 104 cm³/mol. The normalized spacial score (nSPS) is 26.2. The van der Waals surface area contributed by atoms with Crippen molar-refractivity contribution >= 4 is 5.97 Å². The van der Waals surface area contributed by atoms with Crippen molar-refractivity contribution in [2.75, 3.05) is 0 Å². The molecule has 0 radical (unpaired) electrons. The lowest BCUT2D eigenvalue weighted by Crippen LogP contribution is -2.35. The van der Waals surface area contributed by atoms with Crippen molar-refractivity contribution in [3.63, 3.8) is 0 Å². The number of carbonyl (C=O) groups is 1. The minimum atomic E-state index is -0.871. The van der Waals surface area contributed by atoms with Crippen molar-refractivity contribution < 1.29 is 19.4 Å². The van der Waals surface area contributed by atoms with Crippen LogP contribution in [-0.2, 0) is 14.3 Å². The lowest BCUT2D eigenvalue weighted by molar-refractivity contribution is -0.168. The van der Waals surface area contributed by atoms with E-state index in [-0.39, 0.29) is 18.0 Å². The van der Waals surface area contributed by atoms with Gasteiger partial charge < -0.3 is 14.6 Å². The molecular weight excluding hydrogens is 328 g/mol. The quantitative estimate of drug-likeness (QED) is 0.417. The van der Waals surface area contributed by atoms with Gasteiger partial charge in [-0.15, -0.1) is 0 Å². The van der Waals surface area contributed by atoms with E-state index in [1.165, 1.54) is 0 Å². The van der Waals surface area contributed by atoms with E-state index in [0.29, 0.717) is 18.6 Å². The monoisotopic (exact) mass is 362 g/mol. The number of hydrogen-bond donors (Lipinski definition) is 1. The van der Waals surface area contributed by atoms with E-state index in [4.69, 9.17) is 9.47 Å². The number of esters is 1. The largest absolute Gasteiger partial charge is 0.475 e. The molecular formula is C22H34O4. The van der Waals surface area contributed by atoms with Gasteiger partial charge in [0.2, 0.25) is 5.60 Å². The van der Waals surface area contributed by atoms with E-state index in [1.54, 1.807) is 0 Å². The van der Waals surface area contributed by atoms with Crippen LogP contribution in [0, 0.1) is 5.92 Å². The van der Waals surface area contributed by atoms with Gasteiger partial charge in [-0.2, -0.15) is 0 Å². The van der Waals surface area contributed by atoms with Gasteiger partial charge in [-0.25, -0.2) is 4.79 Å². The zero-order valence-corrected chi connectivity index (χ0v) is 16.9. The molecule has 0 amide bonds. The van der Waals surface area contributed by atoms with E-state index in [0.717, 1.165) is 36.8 Å². The molecule has 2 saturated carbocycles. The Hall–Kier alpha value is -1.55. The first kappa shape index (κ1) is 20.8.